The molecule has 4 aliphatic rings. The molecule has 39 heavy (non-hydrogen) atoms. The van der Waals surface area contributed by atoms with Crippen LogP contribution in [0.4, 0.5) is 10.5 Å². The highest BCUT2D eigenvalue weighted by atomic mass is 16.6. The van der Waals surface area contributed by atoms with Crippen molar-refractivity contribution < 1.29 is 19.1 Å². The van der Waals surface area contributed by atoms with Crippen LogP contribution < -0.4 is 10.2 Å². The van der Waals surface area contributed by atoms with Crippen LogP contribution in [0.25, 0.3) is 11.1 Å². The predicted molar refractivity (Wildman–Crippen MR) is 148 cm³/mol. The Kier molecular flexibility index (Phi) is 7.11. The molecule has 0 spiro atoms. The summed E-state index contributed by atoms with van der Waals surface area (Å²) >= 11 is 0. The van der Waals surface area contributed by atoms with Gasteiger partial charge in [0.1, 0.15) is 17.7 Å². The molecule has 3 amide bonds. The minimum atomic E-state index is -0.719. The molecule has 2 aromatic rings. The molecular weight excluding hydrogens is 492 g/mol. The molecule has 2 atom stereocenters. The zero-order valence-corrected chi connectivity index (χ0v) is 23.1. The van der Waals surface area contributed by atoms with Crippen LogP contribution in [0, 0.1) is 17.2 Å². The van der Waals surface area contributed by atoms with Gasteiger partial charge in [0, 0.05) is 25.2 Å². The topological polar surface area (TPSA) is 103 Å². The summed E-state index contributed by atoms with van der Waals surface area (Å²) in [5.41, 5.74) is 4.27. The van der Waals surface area contributed by atoms with E-state index in [2.05, 4.69) is 11.4 Å². The van der Waals surface area contributed by atoms with E-state index in [1.165, 1.54) is 0 Å². The number of anilines is 1. The van der Waals surface area contributed by atoms with Gasteiger partial charge in [-0.1, -0.05) is 36.4 Å². The maximum Gasteiger partial charge on any atom is 0.411 e. The molecule has 0 unspecified atom stereocenters. The Hall–Kier alpha value is -3.86. The predicted octanol–water partition coefficient (Wildman–Crippen LogP) is 4.60. The van der Waals surface area contributed by atoms with Gasteiger partial charge in [-0.25, -0.2) is 4.79 Å². The smallest absolute Gasteiger partial charge is 0.411 e. The Morgan fingerprint density at radius 2 is 1.74 bits per heavy atom. The monoisotopic (exact) mass is 528 g/mol. The number of benzene rings is 2. The van der Waals surface area contributed by atoms with E-state index in [1.54, 1.807) is 16.8 Å². The number of nitrogens with one attached hydrogen (secondary N) is 1. The highest BCUT2D eigenvalue weighted by molar-refractivity contribution is 6.01. The standard InChI is InChI=1S/C31H36N4O4/c1-31(2,3)39-30(38)35-25-13-11-21(12-14-25)28(35)29(37)33-24(18-32)15-19-5-7-20(8-6-19)22-9-10-23-17-27(36)34(4)26(23)16-22/h5-10,16,21,24-25,28H,11-15,17H2,1-4H3,(H,33,37)/t21?,24-,25?,28-/m0/s1. The fraction of sp³-hybridized carbons (Fsp3) is 0.484. The van der Waals surface area contributed by atoms with Crippen LogP contribution >= 0.6 is 0 Å². The summed E-state index contributed by atoms with van der Waals surface area (Å²) in [4.78, 5) is 41.9. The van der Waals surface area contributed by atoms with Crippen LogP contribution in [0.2, 0.25) is 0 Å². The van der Waals surface area contributed by atoms with Gasteiger partial charge in [-0.15, -0.1) is 0 Å². The van der Waals surface area contributed by atoms with E-state index in [0.29, 0.717) is 12.8 Å². The molecular formula is C31H36N4O4. The number of fused-ring (bicyclic) bond motifs is 4. The molecule has 8 nitrogen and oxygen atoms in total. The van der Waals surface area contributed by atoms with Gasteiger partial charge in [0.15, 0.2) is 0 Å². The number of rotatable bonds is 5. The number of nitrogens with zero attached hydrogens (tertiary/aromatic N) is 3. The number of hydrogen-bond acceptors (Lipinski definition) is 5. The van der Waals surface area contributed by atoms with Crippen LogP contribution in [0.5, 0.6) is 0 Å². The van der Waals surface area contributed by atoms with Gasteiger partial charge in [0.05, 0.1) is 12.5 Å². The SMILES string of the molecule is CN1C(=O)Cc2ccc(-c3ccc(C[C@@H](C#N)NC(=O)[C@@H]4C5CCC(CC5)N4C(=O)OC(C)(C)C)cc3)cc21. The fourth-order valence-electron chi connectivity index (χ4n) is 6.14. The molecule has 3 aliphatic heterocycles. The van der Waals surface area contributed by atoms with Gasteiger partial charge >= 0.3 is 6.09 Å². The largest absolute Gasteiger partial charge is 0.444 e. The lowest BCUT2D eigenvalue weighted by Crippen LogP contribution is -2.64. The summed E-state index contributed by atoms with van der Waals surface area (Å²) in [7, 11) is 1.79. The molecule has 0 radical (unpaired) electrons. The first-order valence-corrected chi connectivity index (χ1v) is 13.7. The van der Waals surface area contributed by atoms with Crippen molar-refractivity contribution in [2.45, 2.75) is 83.0 Å². The van der Waals surface area contributed by atoms with Crippen molar-refractivity contribution in [1.82, 2.24) is 10.2 Å². The third kappa shape index (κ3) is 5.49. The Balaban J connectivity index is 1.26. The van der Waals surface area contributed by atoms with Crippen molar-refractivity contribution in [1.29, 1.82) is 5.26 Å². The van der Waals surface area contributed by atoms with Crippen LogP contribution in [-0.2, 0) is 27.2 Å². The number of carbonyl (C=O) groups excluding carboxylic acids is 3. The quantitative estimate of drug-likeness (QED) is 0.611. The molecule has 1 aliphatic carbocycles. The second kappa shape index (κ2) is 10.4. The van der Waals surface area contributed by atoms with E-state index >= 15 is 0 Å². The van der Waals surface area contributed by atoms with Gasteiger partial charge in [-0.2, -0.15) is 5.26 Å². The van der Waals surface area contributed by atoms with Crippen LogP contribution in [0.3, 0.4) is 0 Å². The van der Waals surface area contributed by atoms with Gasteiger partial charge in [0.2, 0.25) is 11.8 Å². The lowest BCUT2D eigenvalue weighted by atomic mass is 9.74. The van der Waals surface area contributed by atoms with Crippen molar-refractivity contribution in [3.8, 4) is 17.2 Å². The Morgan fingerprint density at radius 1 is 1.08 bits per heavy atom. The zero-order valence-electron chi connectivity index (χ0n) is 23.1. The first kappa shape index (κ1) is 26.7. The van der Waals surface area contributed by atoms with Crippen LogP contribution in [0.15, 0.2) is 42.5 Å². The Bertz CT molecular complexity index is 1320. The van der Waals surface area contributed by atoms with Crippen molar-refractivity contribution >= 4 is 23.6 Å². The van der Waals surface area contributed by atoms with Crippen molar-refractivity contribution in [2.75, 3.05) is 11.9 Å². The van der Waals surface area contributed by atoms with Crippen molar-refractivity contribution in [3.63, 3.8) is 0 Å². The van der Waals surface area contributed by atoms with Crippen LogP contribution in [0.1, 0.15) is 57.6 Å². The first-order chi connectivity index (χ1) is 18.5. The second-order valence-electron chi connectivity index (χ2n) is 12.0. The molecule has 1 N–H and O–H groups in total. The molecule has 6 rings (SSSR count). The fourth-order valence-corrected chi connectivity index (χ4v) is 6.14. The number of carbonyl (C=O) groups is 3. The number of hydrogen-bond donors (Lipinski definition) is 1. The third-order valence-electron chi connectivity index (χ3n) is 8.12. The highest BCUT2D eigenvalue weighted by Gasteiger charge is 2.49. The van der Waals surface area contributed by atoms with Gasteiger partial charge in [-0.05, 0) is 80.7 Å². The lowest BCUT2D eigenvalue weighted by molar-refractivity contribution is -0.135. The maximum absolute atomic E-state index is 13.5. The summed E-state index contributed by atoms with van der Waals surface area (Å²) in [6.07, 6.45) is 3.88. The minimum Gasteiger partial charge on any atom is -0.444 e. The van der Waals surface area contributed by atoms with E-state index < -0.39 is 23.8 Å². The molecule has 2 saturated heterocycles. The molecule has 3 heterocycles. The third-order valence-corrected chi connectivity index (χ3v) is 8.12. The molecule has 8 heteroatoms. The van der Waals surface area contributed by atoms with E-state index in [0.717, 1.165) is 53.6 Å². The number of amides is 3. The average molecular weight is 529 g/mol. The molecule has 3 fully saturated rings. The summed E-state index contributed by atoms with van der Waals surface area (Å²) in [5, 5.41) is 12.8. The summed E-state index contributed by atoms with van der Waals surface area (Å²) in [6.45, 7) is 5.47. The average Bonchev–Trinajstić information content (AvgIpc) is 3.20. The first-order valence-electron chi connectivity index (χ1n) is 13.7. The van der Waals surface area contributed by atoms with E-state index in [1.807, 2.05) is 63.2 Å². The highest BCUT2D eigenvalue weighted by Crippen LogP contribution is 2.40. The van der Waals surface area contributed by atoms with E-state index in [9.17, 15) is 19.6 Å². The zero-order chi connectivity index (χ0) is 27.9. The normalized spacial score (nSPS) is 22.7. The molecule has 2 bridgehead atoms. The molecule has 204 valence electrons. The molecule has 2 aromatic carbocycles. The number of ether oxygens (including phenoxy) is 1. The van der Waals surface area contributed by atoms with Gasteiger partial charge in [-0.3, -0.25) is 14.5 Å². The Labute approximate surface area is 229 Å². The number of nitriles is 1. The van der Waals surface area contributed by atoms with Crippen LogP contribution in [-0.4, -0.2) is 53.6 Å². The minimum absolute atomic E-state index is 0.00851. The summed E-state index contributed by atoms with van der Waals surface area (Å²) in [6, 6.07) is 14.8. The number of likely N-dealkylation sites (N-methyl/N-ethyl adjacent to an activating group) is 1. The maximum atomic E-state index is 13.5. The summed E-state index contributed by atoms with van der Waals surface area (Å²) < 4.78 is 5.64. The summed E-state index contributed by atoms with van der Waals surface area (Å²) in [5.74, 6) is -0.115. The van der Waals surface area contributed by atoms with E-state index in [-0.39, 0.29) is 23.8 Å². The van der Waals surface area contributed by atoms with Crippen molar-refractivity contribution in [3.05, 3.63) is 53.6 Å². The van der Waals surface area contributed by atoms with Gasteiger partial charge in [0.25, 0.3) is 0 Å². The van der Waals surface area contributed by atoms with E-state index in [4.69, 9.17) is 4.74 Å². The Morgan fingerprint density at radius 3 is 2.38 bits per heavy atom. The molecule has 0 aromatic heterocycles. The molecule has 1 saturated carbocycles. The lowest BCUT2D eigenvalue weighted by Gasteiger charge is -2.50. The number of piperidine rings is 2. The van der Waals surface area contributed by atoms with Crippen molar-refractivity contribution in [2.24, 2.45) is 5.92 Å². The van der Waals surface area contributed by atoms with Gasteiger partial charge < -0.3 is 15.0 Å². The second-order valence-corrected chi connectivity index (χ2v) is 12.0.